The Morgan fingerprint density at radius 3 is 2.77 bits per heavy atom. The number of aromatic amines is 2. The maximum Gasteiger partial charge on any atom is 0.402 e. The van der Waals surface area contributed by atoms with Crippen molar-refractivity contribution in [1.29, 1.82) is 0 Å². The van der Waals surface area contributed by atoms with Crippen molar-refractivity contribution >= 4 is 11.1 Å². The van der Waals surface area contributed by atoms with Gasteiger partial charge in [-0.05, 0) is 0 Å². The Morgan fingerprint density at radius 1 is 1.23 bits per heavy atom. The summed E-state index contributed by atoms with van der Waals surface area (Å²) < 4.78 is 4.44. The molecule has 0 aliphatic heterocycles. The van der Waals surface area contributed by atoms with Crippen LogP contribution in [0.3, 0.4) is 0 Å². The van der Waals surface area contributed by atoms with Crippen LogP contribution in [0.4, 0.5) is 0 Å². The number of aromatic nitrogens is 3. The lowest BCUT2D eigenvalue weighted by atomic mass is 10.5. The molecule has 0 aliphatic rings. The van der Waals surface area contributed by atoms with Gasteiger partial charge < -0.3 is 9.40 Å². The second kappa shape index (κ2) is 2.41. The van der Waals surface area contributed by atoms with Crippen LogP contribution in [0, 0.1) is 0 Å². The highest BCUT2D eigenvalue weighted by Gasteiger charge is 2.04. The van der Waals surface area contributed by atoms with E-state index in [9.17, 15) is 14.4 Å². The Kier molecular flexibility index (Phi) is 1.38. The van der Waals surface area contributed by atoms with Crippen molar-refractivity contribution < 1.29 is 4.42 Å². The van der Waals surface area contributed by atoms with E-state index in [0.717, 1.165) is 0 Å². The molecular formula is C6H3N3O4. The lowest BCUT2D eigenvalue weighted by Gasteiger charge is -1.90. The first-order valence-electron chi connectivity index (χ1n) is 3.29. The first-order chi connectivity index (χ1) is 6.18. The lowest BCUT2D eigenvalue weighted by molar-refractivity contribution is 0.540. The third kappa shape index (κ3) is 1.06. The highest BCUT2D eigenvalue weighted by molar-refractivity contribution is 5.68. The van der Waals surface area contributed by atoms with Crippen LogP contribution in [0.15, 0.2) is 25.0 Å². The molecule has 0 atom stereocenters. The second-order valence-electron chi connectivity index (χ2n) is 2.29. The Labute approximate surface area is 69.0 Å². The predicted molar refractivity (Wildman–Crippen MR) is 41.5 cm³/mol. The van der Waals surface area contributed by atoms with E-state index < -0.39 is 16.7 Å². The summed E-state index contributed by atoms with van der Waals surface area (Å²) in [5, 5.41) is 5.47. The van der Waals surface area contributed by atoms with Crippen molar-refractivity contribution in [3.8, 4) is 0 Å². The number of nitrogens with zero attached hydrogens (tertiary/aromatic N) is 1. The molecule has 0 amide bonds. The second-order valence-corrected chi connectivity index (χ2v) is 2.29. The van der Waals surface area contributed by atoms with Gasteiger partial charge in [-0.2, -0.15) is 5.10 Å². The fourth-order valence-electron chi connectivity index (χ4n) is 0.890. The van der Waals surface area contributed by atoms with Crippen LogP contribution in [0.2, 0.25) is 0 Å². The van der Waals surface area contributed by atoms with E-state index in [1.165, 1.54) is 6.20 Å². The van der Waals surface area contributed by atoms with E-state index in [2.05, 4.69) is 19.6 Å². The van der Waals surface area contributed by atoms with Crippen molar-refractivity contribution in [3.05, 3.63) is 37.3 Å². The molecule has 0 aliphatic carbocycles. The smallest absolute Gasteiger partial charge is 0.402 e. The third-order valence-corrected chi connectivity index (χ3v) is 1.44. The number of hydrogen-bond donors (Lipinski definition) is 2. The van der Waals surface area contributed by atoms with Gasteiger partial charge in [0.15, 0.2) is 0 Å². The molecule has 0 saturated heterocycles. The molecule has 0 radical (unpaired) electrons. The Hall–Kier alpha value is -2.18. The molecule has 0 spiro atoms. The average Bonchev–Trinajstić information content (AvgIpc) is 2.09. The highest BCUT2D eigenvalue weighted by atomic mass is 16.4. The lowest BCUT2D eigenvalue weighted by Crippen LogP contribution is -2.27. The quantitative estimate of drug-likeness (QED) is 0.484. The molecule has 2 N–H and O–H groups in total. The van der Waals surface area contributed by atoms with Crippen molar-refractivity contribution in [2.24, 2.45) is 0 Å². The van der Waals surface area contributed by atoms with Gasteiger partial charge in [0.05, 0.1) is 6.20 Å². The van der Waals surface area contributed by atoms with E-state index in [0.29, 0.717) is 0 Å². The summed E-state index contributed by atoms with van der Waals surface area (Å²) in [6.45, 7) is 0. The Bertz CT molecular complexity index is 620. The number of H-pyrrole nitrogens is 2. The van der Waals surface area contributed by atoms with Gasteiger partial charge in [0.25, 0.3) is 0 Å². The summed E-state index contributed by atoms with van der Waals surface area (Å²) in [6, 6.07) is 0. The molecule has 66 valence electrons. The first-order valence-corrected chi connectivity index (χ1v) is 3.29. The minimum Gasteiger partial charge on any atom is -0.411 e. The minimum absolute atomic E-state index is 0.0911. The summed E-state index contributed by atoms with van der Waals surface area (Å²) in [5.74, 6) is 0. The molecule has 7 heteroatoms. The summed E-state index contributed by atoms with van der Waals surface area (Å²) in [7, 11) is 0. The van der Waals surface area contributed by atoms with Gasteiger partial charge in [0, 0.05) is 0 Å². The van der Waals surface area contributed by atoms with Crippen LogP contribution >= 0.6 is 0 Å². The van der Waals surface area contributed by atoms with Crippen LogP contribution in [0.1, 0.15) is 0 Å². The zero-order valence-corrected chi connectivity index (χ0v) is 6.16. The Morgan fingerprint density at radius 2 is 2.00 bits per heavy atom. The van der Waals surface area contributed by atoms with Gasteiger partial charge in [0.2, 0.25) is 5.58 Å². The van der Waals surface area contributed by atoms with Crippen LogP contribution in [-0.4, -0.2) is 15.2 Å². The summed E-state index contributed by atoms with van der Waals surface area (Å²) in [6.07, 6.45) is 1.18. The number of nitrogens with one attached hydrogen (secondary N) is 2. The molecule has 0 unspecified atom stereocenters. The van der Waals surface area contributed by atoms with Crippen LogP contribution in [-0.2, 0) is 0 Å². The first kappa shape index (κ1) is 7.47. The SMILES string of the molecule is O=c1[nH]c2cn[nH]c(=O)c2oc1=O. The molecular weight excluding hydrogens is 178 g/mol. The van der Waals surface area contributed by atoms with Crippen LogP contribution in [0.25, 0.3) is 11.1 Å². The van der Waals surface area contributed by atoms with E-state index in [1.54, 1.807) is 0 Å². The molecule has 0 aromatic carbocycles. The van der Waals surface area contributed by atoms with E-state index >= 15 is 0 Å². The monoisotopic (exact) mass is 181 g/mol. The molecule has 0 fully saturated rings. The summed E-state index contributed by atoms with van der Waals surface area (Å²) >= 11 is 0. The van der Waals surface area contributed by atoms with E-state index in [4.69, 9.17) is 0 Å². The van der Waals surface area contributed by atoms with Gasteiger partial charge in [0.1, 0.15) is 5.52 Å². The maximum atomic E-state index is 11.0. The topological polar surface area (TPSA) is 109 Å². The molecule has 2 aromatic heterocycles. The van der Waals surface area contributed by atoms with Crippen LogP contribution in [0.5, 0.6) is 0 Å². The van der Waals surface area contributed by atoms with Crippen molar-refractivity contribution in [1.82, 2.24) is 15.2 Å². The van der Waals surface area contributed by atoms with Gasteiger partial charge in [-0.3, -0.25) is 9.59 Å². The summed E-state index contributed by atoms with van der Waals surface area (Å²) in [5.41, 5.74) is -2.83. The van der Waals surface area contributed by atoms with Gasteiger partial charge in [-0.15, -0.1) is 0 Å². The average molecular weight is 181 g/mol. The number of fused-ring (bicyclic) bond motifs is 1. The minimum atomic E-state index is -1.11. The van der Waals surface area contributed by atoms with Crippen LogP contribution < -0.4 is 16.7 Å². The third-order valence-electron chi connectivity index (χ3n) is 1.44. The molecule has 13 heavy (non-hydrogen) atoms. The standard InChI is InChI=1S/C6H3N3O4/c10-4-3-2(1-7-9-4)8-5(11)6(12)13-3/h1H,(H,8,11)(H,9,10). The molecule has 2 aromatic rings. The fraction of sp³-hybridized carbons (Fsp3) is 0. The number of rotatable bonds is 0. The van der Waals surface area contributed by atoms with E-state index in [-0.39, 0.29) is 11.1 Å². The van der Waals surface area contributed by atoms with Gasteiger partial charge in [-0.25, -0.2) is 9.89 Å². The molecule has 0 bridgehead atoms. The van der Waals surface area contributed by atoms with Crippen molar-refractivity contribution in [2.75, 3.05) is 0 Å². The van der Waals surface area contributed by atoms with Gasteiger partial charge >= 0.3 is 16.7 Å². The molecule has 2 heterocycles. The zero-order chi connectivity index (χ0) is 9.42. The van der Waals surface area contributed by atoms with Gasteiger partial charge in [-0.1, -0.05) is 0 Å². The normalized spacial score (nSPS) is 10.5. The maximum absolute atomic E-state index is 11.0. The molecule has 7 nitrogen and oxygen atoms in total. The zero-order valence-electron chi connectivity index (χ0n) is 6.16. The fourth-order valence-corrected chi connectivity index (χ4v) is 0.890. The largest absolute Gasteiger partial charge is 0.411 e. The van der Waals surface area contributed by atoms with Crippen molar-refractivity contribution in [2.45, 2.75) is 0 Å². The van der Waals surface area contributed by atoms with E-state index in [1.807, 2.05) is 0 Å². The summed E-state index contributed by atoms with van der Waals surface area (Å²) in [4.78, 5) is 34.6. The molecule has 2 rings (SSSR count). The molecule has 0 saturated carbocycles. The highest BCUT2D eigenvalue weighted by Crippen LogP contribution is 1.95. The Balaban J connectivity index is 3.15. The van der Waals surface area contributed by atoms with Crippen molar-refractivity contribution in [3.63, 3.8) is 0 Å². The predicted octanol–water partition coefficient (Wildman–Crippen LogP) is -1.44. The number of hydrogen-bond acceptors (Lipinski definition) is 5.